The Morgan fingerprint density at radius 3 is 2.07 bits per heavy atom. The van der Waals surface area contributed by atoms with E-state index in [0.717, 1.165) is 72.1 Å². The van der Waals surface area contributed by atoms with Crippen molar-refractivity contribution in [1.29, 1.82) is 0 Å². The number of esters is 5. The Labute approximate surface area is 423 Å². The molecule has 8 rings (SSSR count). The highest BCUT2D eigenvalue weighted by atomic mass is 16.7. The van der Waals surface area contributed by atoms with E-state index in [1.165, 1.54) is 28.9 Å². The van der Waals surface area contributed by atoms with Crippen molar-refractivity contribution in [2.45, 2.75) is 184 Å². The fraction of sp³-hybridized carbons (Fsp3) is 0.696. The molecule has 6 aliphatic rings. The number of fused-ring (bicyclic) bond motifs is 7. The summed E-state index contributed by atoms with van der Waals surface area (Å²) in [5.74, 6) is -2.81. The number of ketones is 2. The highest BCUT2D eigenvalue weighted by Gasteiger charge is 2.70. The molecular formula is C56H75N3O13. The number of benzene rings is 1. The van der Waals surface area contributed by atoms with Gasteiger partial charge in [-0.1, -0.05) is 82.7 Å². The number of nitrogens with zero attached hydrogens (tertiary/aromatic N) is 3. The fourth-order valence-corrected chi connectivity index (χ4v) is 15.3. The lowest BCUT2D eigenvalue weighted by Gasteiger charge is -2.70. The molecule has 2 unspecified atom stereocenters. The van der Waals surface area contributed by atoms with Crippen LogP contribution in [0.15, 0.2) is 48.2 Å². The molecule has 1 aromatic carbocycles. The fourth-order valence-electron chi connectivity index (χ4n) is 15.3. The van der Waals surface area contributed by atoms with Gasteiger partial charge in [0.15, 0.2) is 30.3 Å². The first-order valence-electron chi connectivity index (χ1n) is 26.0. The number of carbonyl (C=O) groups is 7. The van der Waals surface area contributed by atoms with E-state index in [9.17, 15) is 28.8 Å². The third-order valence-corrected chi connectivity index (χ3v) is 19.1. The van der Waals surface area contributed by atoms with Gasteiger partial charge in [0.2, 0.25) is 0 Å². The van der Waals surface area contributed by atoms with Crippen molar-refractivity contribution in [3.63, 3.8) is 0 Å². The molecule has 392 valence electrons. The first-order valence-corrected chi connectivity index (χ1v) is 26.0. The molecule has 16 heteroatoms. The van der Waals surface area contributed by atoms with Gasteiger partial charge in [-0.3, -0.25) is 33.6 Å². The number of carbonyl (C=O) groups excluding carboxylic acids is 7. The van der Waals surface area contributed by atoms with Gasteiger partial charge >= 0.3 is 29.8 Å². The zero-order valence-electron chi connectivity index (χ0n) is 44.1. The summed E-state index contributed by atoms with van der Waals surface area (Å²) in [7, 11) is 0. The predicted molar refractivity (Wildman–Crippen MR) is 260 cm³/mol. The molecule has 16 nitrogen and oxygen atoms in total. The van der Waals surface area contributed by atoms with Crippen molar-refractivity contribution in [1.82, 2.24) is 15.0 Å². The molecule has 0 bridgehead atoms. The number of aryl methyl sites for hydroxylation is 1. The van der Waals surface area contributed by atoms with E-state index >= 15 is 4.79 Å². The monoisotopic (exact) mass is 998 g/mol. The number of hydrogen-bond acceptors (Lipinski definition) is 15. The van der Waals surface area contributed by atoms with E-state index in [2.05, 4.69) is 64.0 Å². The van der Waals surface area contributed by atoms with Crippen LogP contribution in [0.25, 0.3) is 0 Å². The van der Waals surface area contributed by atoms with Gasteiger partial charge in [0.1, 0.15) is 30.8 Å². The molecule has 1 aromatic heterocycles. The third-order valence-electron chi connectivity index (χ3n) is 19.1. The van der Waals surface area contributed by atoms with Crippen LogP contribution in [0.3, 0.4) is 0 Å². The summed E-state index contributed by atoms with van der Waals surface area (Å²) in [5.41, 5.74) is 0.506. The number of ether oxygens (including phenoxy) is 6. The topological polar surface area (TPSA) is 206 Å². The summed E-state index contributed by atoms with van der Waals surface area (Å²) < 4.78 is 35.4. The number of rotatable bonds is 13. The van der Waals surface area contributed by atoms with Crippen molar-refractivity contribution in [3.8, 4) is 0 Å². The van der Waals surface area contributed by atoms with Gasteiger partial charge in [-0.2, -0.15) is 0 Å². The minimum atomic E-state index is -1.40. The van der Waals surface area contributed by atoms with Crippen molar-refractivity contribution in [2.24, 2.45) is 56.2 Å². The Morgan fingerprint density at radius 2 is 1.40 bits per heavy atom. The molecule has 5 fully saturated rings. The Morgan fingerprint density at radius 1 is 0.750 bits per heavy atom. The third kappa shape index (κ3) is 9.46. The van der Waals surface area contributed by atoms with Crippen LogP contribution in [0.1, 0.15) is 158 Å². The van der Waals surface area contributed by atoms with E-state index in [-0.39, 0.29) is 68.8 Å². The Kier molecular flexibility index (Phi) is 14.4. The second-order valence-electron chi connectivity index (χ2n) is 24.0. The van der Waals surface area contributed by atoms with Gasteiger partial charge in [-0.25, -0.2) is 4.68 Å². The van der Waals surface area contributed by atoms with Crippen LogP contribution < -0.4 is 0 Å². The summed E-state index contributed by atoms with van der Waals surface area (Å²) in [6.07, 6.45) is 5.42. The standard InChI is InChI=1S/C56H75N3O13/c1-32(60)67-31-43-45(69-33(2)61)46(70-34(3)62)47(71-35(4)63)49(72-43)59-29-37(57-58-59)30-68-50(66)53(8)24-23-52(7)25-26-55(10)39(40(52)28-53)27-42(65)48-54(9)21-19-38(41(64)18-17-36-15-13-12-14-16-36)51(5,6)44(54)20-22-56(48,55)11/h12-16,27,29,38,40,43-49H,17-26,28,30-31H2,1-11H3/t38-,40-,43+,44?,45-,46-,47-,48-,49?,52-,53+,54+,55-,56-/m1/s1. The molecule has 1 saturated heterocycles. The average Bonchev–Trinajstić information content (AvgIpc) is 3.78. The van der Waals surface area contributed by atoms with Gasteiger partial charge in [0.25, 0.3) is 0 Å². The molecule has 0 radical (unpaired) electrons. The lowest BCUT2D eigenvalue weighted by Crippen LogP contribution is -2.66. The van der Waals surface area contributed by atoms with Crippen molar-refractivity contribution >= 4 is 41.4 Å². The van der Waals surface area contributed by atoms with Crippen molar-refractivity contribution < 1.29 is 62.0 Å². The number of Topliss-reactive ketones (excluding diaryl/α,β-unsaturated/α-hetero) is 1. The van der Waals surface area contributed by atoms with E-state index in [0.29, 0.717) is 25.0 Å². The number of aromatic nitrogens is 3. The summed E-state index contributed by atoms with van der Waals surface area (Å²) >= 11 is 0. The molecule has 14 atom stereocenters. The van der Waals surface area contributed by atoms with Crippen LogP contribution in [-0.4, -0.2) is 87.4 Å². The number of allylic oxidation sites excluding steroid dienone is 2. The largest absolute Gasteiger partial charge is 0.463 e. The van der Waals surface area contributed by atoms with Gasteiger partial charge in [0, 0.05) is 46.0 Å². The van der Waals surface area contributed by atoms with Gasteiger partial charge in [-0.15, -0.1) is 5.10 Å². The maximum Gasteiger partial charge on any atom is 0.312 e. The van der Waals surface area contributed by atoms with E-state index in [1.807, 2.05) is 31.2 Å². The Hall–Kier alpha value is -5.25. The zero-order chi connectivity index (χ0) is 52.3. The highest BCUT2D eigenvalue weighted by molar-refractivity contribution is 5.96. The summed E-state index contributed by atoms with van der Waals surface area (Å²) in [4.78, 5) is 92.5. The molecular weight excluding hydrogens is 923 g/mol. The summed E-state index contributed by atoms with van der Waals surface area (Å²) in [6, 6.07) is 10.2. The SMILES string of the molecule is CC(=O)OC[C@@H]1OC(n2cc(COC(=O)[C@@]3(C)CC[C@]4(C)CC[C@]5(C)C(=CC(=O)[C@@H]6[C@@]7(C)CC[C@H](C(=O)CCc8ccccc8)C(C)(C)C7CC[C@]65C)[C@H]4C3)nn2)[C@H](OC(C)=O)[C@H](OC(C)=O)[C@@H]1OC(C)=O. The molecule has 72 heavy (non-hydrogen) atoms. The molecule has 0 N–H and O–H groups in total. The van der Waals surface area contributed by atoms with Crippen LogP contribution >= 0.6 is 0 Å². The normalized spacial score (nSPS) is 37.7. The maximum atomic E-state index is 15.2. The molecule has 2 heterocycles. The van der Waals surface area contributed by atoms with E-state index in [1.54, 1.807) is 0 Å². The van der Waals surface area contributed by atoms with Crippen LogP contribution in [0, 0.1) is 56.2 Å². The van der Waals surface area contributed by atoms with E-state index < -0.39 is 72.5 Å². The lowest BCUT2D eigenvalue weighted by atomic mass is 9.33. The van der Waals surface area contributed by atoms with Crippen LogP contribution in [-0.2, 0) is 75.0 Å². The van der Waals surface area contributed by atoms with Crippen LogP contribution in [0.5, 0.6) is 0 Å². The Bertz CT molecular complexity index is 2500. The number of hydrogen-bond donors (Lipinski definition) is 0. The van der Waals surface area contributed by atoms with Crippen LogP contribution in [0.4, 0.5) is 0 Å². The molecule has 4 saturated carbocycles. The van der Waals surface area contributed by atoms with Crippen LogP contribution in [0.2, 0.25) is 0 Å². The minimum absolute atomic E-state index is 0.0207. The highest BCUT2D eigenvalue weighted by Crippen LogP contribution is 2.75. The molecule has 0 spiro atoms. The predicted octanol–water partition coefficient (Wildman–Crippen LogP) is 8.38. The zero-order valence-corrected chi connectivity index (χ0v) is 44.1. The molecule has 2 aromatic rings. The minimum Gasteiger partial charge on any atom is -0.463 e. The van der Waals surface area contributed by atoms with Crippen molar-refractivity contribution in [2.75, 3.05) is 6.61 Å². The first kappa shape index (κ1) is 53.1. The second-order valence-corrected chi connectivity index (χ2v) is 24.0. The van der Waals surface area contributed by atoms with Gasteiger partial charge in [-0.05, 0) is 122 Å². The summed E-state index contributed by atoms with van der Waals surface area (Å²) in [6.45, 7) is 19.9. The molecule has 1 aliphatic heterocycles. The average molecular weight is 998 g/mol. The van der Waals surface area contributed by atoms with Crippen molar-refractivity contribution in [3.05, 3.63) is 59.4 Å². The lowest BCUT2D eigenvalue weighted by molar-refractivity contribution is -0.270. The van der Waals surface area contributed by atoms with Gasteiger partial charge in [0.05, 0.1) is 11.6 Å². The molecule has 5 aliphatic carbocycles. The quantitative estimate of drug-likeness (QED) is 0.137. The van der Waals surface area contributed by atoms with E-state index in [4.69, 9.17) is 28.4 Å². The smallest absolute Gasteiger partial charge is 0.312 e. The molecule has 0 amide bonds. The second kappa shape index (κ2) is 19.5. The maximum absolute atomic E-state index is 15.2. The first-order chi connectivity index (χ1) is 33.8. The summed E-state index contributed by atoms with van der Waals surface area (Å²) in [5, 5.41) is 8.45. The van der Waals surface area contributed by atoms with Gasteiger partial charge < -0.3 is 28.4 Å². The Balaban J connectivity index is 0.993.